The number of unbranched alkanes of at least 4 members (excludes halogenated alkanes) is 21. The molecule has 0 saturated heterocycles. The highest BCUT2D eigenvalue weighted by molar-refractivity contribution is 5.84. The molecule has 0 aromatic carbocycles. The number of guanidine groups is 1. The number of nitrogens with two attached hydrogens (primary N) is 2. The Balaban J connectivity index is 4.06. The maximum absolute atomic E-state index is 12.7. The SMILES string of the molecule is CCCCCCCCCCCCCCCC(=O)N[C@@H](CCCN=C(N)N)C(=O)OCCCCCCCCCCCC. The van der Waals surface area contributed by atoms with Crippen molar-refractivity contribution >= 4 is 17.8 Å². The first kappa shape index (κ1) is 39.2. The molecule has 0 aromatic heterocycles. The van der Waals surface area contributed by atoms with E-state index in [1.807, 2.05) is 0 Å². The summed E-state index contributed by atoms with van der Waals surface area (Å²) < 4.78 is 5.54. The summed E-state index contributed by atoms with van der Waals surface area (Å²) in [6, 6.07) is -0.637. The van der Waals surface area contributed by atoms with Crippen LogP contribution >= 0.6 is 0 Å². The zero-order valence-corrected chi connectivity index (χ0v) is 27.2. The predicted octanol–water partition coefficient (Wildman–Crippen LogP) is 8.47. The van der Waals surface area contributed by atoms with Crippen LogP contribution in [0.25, 0.3) is 0 Å². The Morgan fingerprint density at radius 1 is 0.610 bits per heavy atom. The van der Waals surface area contributed by atoms with E-state index in [1.54, 1.807) is 0 Å². The van der Waals surface area contributed by atoms with Crippen LogP contribution in [0.3, 0.4) is 0 Å². The van der Waals surface area contributed by atoms with Gasteiger partial charge in [-0.2, -0.15) is 0 Å². The molecule has 0 aliphatic carbocycles. The molecule has 0 saturated carbocycles. The first-order valence-electron chi connectivity index (χ1n) is 17.5. The summed E-state index contributed by atoms with van der Waals surface area (Å²) in [7, 11) is 0. The van der Waals surface area contributed by atoms with Gasteiger partial charge in [0.2, 0.25) is 5.91 Å². The van der Waals surface area contributed by atoms with Gasteiger partial charge in [0.1, 0.15) is 6.04 Å². The second-order valence-electron chi connectivity index (χ2n) is 11.9. The van der Waals surface area contributed by atoms with Crippen molar-refractivity contribution in [2.24, 2.45) is 16.5 Å². The molecule has 0 unspecified atom stereocenters. The molecule has 7 nitrogen and oxygen atoms in total. The van der Waals surface area contributed by atoms with Crippen molar-refractivity contribution in [3.63, 3.8) is 0 Å². The van der Waals surface area contributed by atoms with Gasteiger partial charge in [0, 0.05) is 13.0 Å². The molecule has 41 heavy (non-hydrogen) atoms. The van der Waals surface area contributed by atoms with Crippen molar-refractivity contribution in [2.45, 2.75) is 187 Å². The average molecular weight is 581 g/mol. The van der Waals surface area contributed by atoms with Crippen LogP contribution in [0.15, 0.2) is 4.99 Å². The third kappa shape index (κ3) is 29.5. The van der Waals surface area contributed by atoms with E-state index in [0.29, 0.717) is 32.4 Å². The highest BCUT2D eigenvalue weighted by atomic mass is 16.5. The molecule has 0 aliphatic heterocycles. The zero-order valence-electron chi connectivity index (χ0n) is 27.2. The Labute approximate surface area is 253 Å². The van der Waals surface area contributed by atoms with Crippen LogP contribution in [0.4, 0.5) is 0 Å². The van der Waals surface area contributed by atoms with Gasteiger partial charge in [0.15, 0.2) is 5.96 Å². The standard InChI is InChI=1S/C34H68N4O3/c1-3-5-7-9-11-13-15-16-17-18-20-22-24-28-32(39)38-31(27-26-29-37-34(35)36)33(40)41-30-25-23-21-19-14-12-10-8-6-4-2/h31H,3-30H2,1-2H3,(H,38,39)(H4,35,36,37)/t31-/m0/s1. The second kappa shape index (κ2) is 31.2. The molecule has 0 fully saturated rings. The van der Waals surface area contributed by atoms with Gasteiger partial charge >= 0.3 is 5.97 Å². The van der Waals surface area contributed by atoms with Crippen molar-refractivity contribution in [2.75, 3.05) is 13.2 Å². The maximum Gasteiger partial charge on any atom is 0.328 e. The van der Waals surface area contributed by atoms with Gasteiger partial charge in [-0.05, 0) is 25.7 Å². The van der Waals surface area contributed by atoms with Crippen LogP contribution in [0.5, 0.6) is 0 Å². The van der Waals surface area contributed by atoms with Crippen LogP contribution < -0.4 is 16.8 Å². The van der Waals surface area contributed by atoms with Crippen molar-refractivity contribution in [1.82, 2.24) is 5.32 Å². The first-order valence-corrected chi connectivity index (χ1v) is 17.5. The predicted molar refractivity (Wildman–Crippen MR) is 175 cm³/mol. The smallest absolute Gasteiger partial charge is 0.328 e. The van der Waals surface area contributed by atoms with E-state index in [9.17, 15) is 9.59 Å². The average Bonchev–Trinajstić information content (AvgIpc) is 2.95. The van der Waals surface area contributed by atoms with Crippen LogP contribution in [0.1, 0.15) is 181 Å². The van der Waals surface area contributed by atoms with E-state index in [-0.39, 0.29) is 17.8 Å². The summed E-state index contributed by atoms with van der Waals surface area (Å²) in [6.07, 6.45) is 30.4. The third-order valence-corrected chi connectivity index (χ3v) is 7.81. The van der Waals surface area contributed by atoms with Gasteiger partial charge in [0.05, 0.1) is 6.61 Å². The fourth-order valence-electron chi connectivity index (χ4n) is 5.19. The quantitative estimate of drug-likeness (QED) is 0.0329. The molecule has 0 radical (unpaired) electrons. The van der Waals surface area contributed by atoms with Crippen LogP contribution in [-0.4, -0.2) is 37.0 Å². The van der Waals surface area contributed by atoms with Crippen molar-refractivity contribution in [1.29, 1.82) is 0 Å². The number of nitrogens with zero attached hydrogens (tertiary/aromatic N) is 1. The van der Waals surface area contributed by atoms with Gasteiger partial charge in [0.25, 0.3) is 0 Å². The van der Waals surface area contributed by atoms with Gasteiger partial charge in [-0.25, -0.2) is 4.79 Å². The molecule has 5 N–H and O–H groups in total. The number of nitrogens with one attached hydrogen (secondary N) is 1. The Bertz CT molecular complexity index is 623. The lowest BCUT2D eigenvalue weighted by atomic mass is 10.0. The number of hydrogen-bond donors (Lipinski definition) is 3. The minimum Gasteiger partial charge on any atom is -0.464 e. The Kier molecular flexibility index (Phi) is 29.8. The van der Waals surface area contributed by atoms with Crippen molar-refractivity contribution < 1.29 is 14.3 Å². The summed E-state index contributed by atoms with van der Waals surface area (Å²) >= 11 is 0. The third-order valence-electron chi connectivity index (χ3n) is 7.81. The highest BCUT2D eigenvalue weighted by Crippen LogP contribution is 2.14. The van der Waals surface area contributed by atoms with E-state index in [0.717, 1.165) is 25.7 Å². The molecule has 1 amide bonds. The number of esters is 1. The van der Waals surface area contributed by atoms with Crippen LogP contribution in [0.2, 0.25) is 0 Å². The summed E-state index contributed by atoms with van der Waals surface area (Å²) in [5.41, 5.74) is 10.8. The molecule has 0 spiro atoms. The Hall–Kier alpha value is -1.79. The number of hydrogen-bond acceptors (Lipinski definition) is 4. The zero-order chi connectivity index (χ0) is 30.2. The molecule has 0 aliphatic rings. The van der Waals surface area contributed by atoms with Gasteiger partial charge in [-0.15, -0.1) is 0 Å². The summed E-state index contributed by atoms with van der Waals surface area (Å²) in [4.78, 5) is 29.3. The number of aliphatic imine (C=N–C) groups is 1. The lowest BCUT2D eigenvalue weighted by Gasteiger charge is -2.17. The summed E-state index contributed by atoms with van der Waals surface area (Å²) in [6.45, 7) is 5.35. The van der Waals surface area contributed by atoms with Crippen molar-refractivity contribution in [3.8, 4) is 0 Å². The maximum atomic E-state index is 12.7. The molecule has 1 atom stereocenters. The minimum absolute atomic E-state index is 0.0385. The van der Waals surface area contributed by atoms with E-state index in [4.69, 9.17) is 16.2 Å². The molecule has 7 heteroatoms. The van der Waals surface area contributed by atoms with Crippen LogP contribution in [0, 0.1) is 0 Å². The van der Waals surface area contributed by atoms with E-state index in [1.165, 1.54) is 122 Å². The number of rotatable bonds is 31. The fourth-order valence-corrected chi connectivity index (χ4v) is 5.19. The Morgan fingerprint density at radius 3 is 1.46 bits per heavy atom. The molecule has 242 valence electrons. The number of ether oxygens (including phenoxy) is 1. The largest absolute Gasteiger partial charge is 0.464 e. The molecule has 0 rings (SSSR count). The van der Waals surface area contributed by atoms with Gasteiger partial charge in [-0.3, -0.25) is 9.79 Å². The summed E-state index contributed by atoms with van der Waals surface area (Å²) in [5, 5.41) is 2.91. The molecule has 0 bridgehead atoms. The minimum atomic E-state index is -0.637. The highest BCUT2D eigenvalue weighted by Gasteiger charge is 2.21. The lowest BCUT2D eigenvalue weighted by molar-refractivity contribution is -0.148. The topological polar surface area (TPSA) is 120 Å². The van der Waals surface area contributed by atoms with E-state index in [2.05, 4.69) is 24.2 Å². The van der Waals surface area contributed by atoms with Gasteiger partial charge in [-0.1, -0.05) is 149 Å². The lowest BCUT2D eigenvalue weighted by Crippen LogP contribution is -2.42. The van der Waals surface area contributed by atoms with E-state index < -0.39 is 6.04 Å². The van der Waals surface area contributed by atoms with Crippen molar-refractivity contribution in [3.05, 3.63) is 0 Å². The number of carbonyl (C=O) groups excluding carboxylic acids is 2. The molecular formula is C34H68N4O3. The fraction of sp³-hybridized carbons (Fsp3) is 0.912. The first-order chi connectivity index (χ1) is 20.0. The van der Waals surface area contributed by atoms with E-state index >= 15 is 0 Å². The molecule has 0 aromatic rings. The number of carbonyl (C=O) groups is 2. The normalized spacial score (nSPS) is 11.8. The monoisotopic (exact) mass is 581 g/mol. The summed E-state index contributed by atoms with van der Waals surface area (Å²) in [5.74, 6) is -0.378. The number of amides is 1. The molecular weight excluding hydrogens is 512 g/mol. The van der Waals surface area contributed by atoms with Gasteiger partial charge < -0.3 is 21.5 Å². The van der Waals surface area contributed by atoms with Crippen LogP contribution in [-0.2, 0) is 14.3 Å². The molecule has 0 heterocycles. The Morgan fingerprint density at radius 2 is 1.02 bits per heavy atom. The second-order valence-corrected chi connectivity index (χ2v) is 11.9.